The van der Waals surface area contributed by atoms with E-state index < -0.39 is 12.6 Å². The van der Waals surface area contributed by atoms with Gasteiger partial charge in [-0.25, -0.2) is 0 Å². The average Bonchev–Trinajstić information content (AvgIpc) is 2.70. The van der Waals surface area contributed by atoms with Gasteiger partial charge in [-0.1, -0.05) is 5.16 Å². The van der Waals surface area contributed by atoms with E-state index in [-0.39, 0.29) is 12.1 Å². The Balaban J connectivity index is 2.40. The largest absolute Gasteiger partial charge is 0.390 e. The fraction of sp³-hybridized carbons (Fsp3) is 0.769. The summed E-state index contributed by atoms with van der Waals surface area (Å²) in [5.74, 6) is 0.570. The first-order valence-electron chi connectivity index (χ1n) is 6.50. The molecule has 0 aliphatic rings. The molecule has 7 heteroatoms. The lowest BCUT2D eigenvalue weighted by atomic mass is 10.1. The van der Waals surface area contributed by atoms with Crippen molar-refractivity contribution in [2.75, 3.05) is 13.6 Å². The van der Waals surface area contributed by atoms with Gasteiger partial charge in [-0.2, -0.15) is 13.2 Å². The third-order valence-corrected chi connectivity index (χ3v) is 2.61. The van der Waals surface area contributed by atoms with Crippen LogP contribution in [0.5, 0.6) is 0 Å². The Morgan fingerprint density at radius 2 is 1.95 bits per heavy atom. The highest BCUT2D eigenvalue weighted by atomic mass is 19.4. The second-order valence-electron chi connectivity index (χ2n) is 5.99. The molecule has 0 unspecified atom stereocenters. The van der Waals surface area contributed by atoms with E-state index in [2.05, 4.69) is 10.5 Å². The van der Waals surface area contributed by atoms with Crippen LogP contribution in [0.1, 0.15) is 38.6 Å². The number of alkyl halides is 3. The van der Waals surface area contributed by atoms with E-state index in [9.17, 15) is 13.2 Å². The van der Waals surface area contributed by atoms with Crippen molar-refractivity contribution in [3.05, 3.63) is 17.5 Å². The Morgan fingerprint density at radius 3 is 2.50 bits per heavy atom. The molecule has 0 atom stereocenters. The number of hydrogen-bond donors (Lipinski definition) is 1. The summed E-state index contributed by atoms with van der Waals surface area (Å²) in [6.07, 6.45) is -4.95. The van der Waals surface area contributed by atoms with Crippen LogP contribution in [0.3, 0.4) is 0 Å². The molecule has 0 fully saturated rings. The van der Waals surface area contributed by atoms with Crippen molar-refractivity contribution < 1.29 is 17.7 Å². The minimum atomic E-state index is -4.13. The third-order valence-electron chi connectivity index (χ3n) is 2.61. The van der Waals surface area contributed by atoms with E-state index in [1.54, 1.807) is 18.0 Å². The topological polar surface area (TPSA) is 41.3 Å². The summed E-state index contributed by atoms with van der Waals surface area (Å²) in [5, 5.41) is 7.16. The highest BCUT2D eigenvalue weighted by Crippen LogP contribution is 2.20. The van der Waals surface area contributed by atoms with Crippen LogP contribution in [0.4, 0.5) is 13.2 Å². The molecule has 20 heavy (non-hydrogen) atoms. The first kappa shape index (κ1) is 17.0. The third kappa shape index (κ3) is 7.49. The number of rotatable bonds is 6. The van der Waals surface area contributed by atoms with Crippen molar-refractivity contribution in [1.82, 2.24) is 15.4 Å². The van der Waals surface area contributed by atoms with Crippen LogP contribution in [0.15, 0.2) is 10.6 Å². The van der Waals surface area contributed by atoms with Gasteiger partial charge in [0.1, 0.15) is 0 Å². The van der Waals surface area contributed by atoms with Crippen LogP contribution >= 0.6 is 0 Å². The molecule has 1 N–H and O–H groups in total. The molecule has 0 radical (unpaired) electrons. The lowest BCUT2D eigenvalue weighted by Crippen LogP contribution is -2.35. The van der Waals surface area contributed by atoms with E-state index in [1.165, 1.54) is 0 Å². The van der Waals surface area contributed by atoms with Gasteiger partial charge in [-0.05, 0) is 27.8 Å². The zero-order chi connectivity index (χ0) is 15.4. The van der Waals surface area contributed by atoms with Crippen LogP contribution < -0.4 is 5.32 Å². The van der Waals surface area contributed by atoms with Crippen molar-refractivity contribution in [3.8, 4) is 0 Å². The molecule has 0 aliphatic heterocycles. The molecule has 0 saturated heterocycles. The van der Waals surface area contributed by atoms with Gasteiger partial charge >= 0.3 is 6.18 Å². The minimum absolute atomic E-state index is 0.0252. The van der Waals surface area contributed by atoms with Crippen molar-refractivity contribution >= 4 is 0 Å². The zero-order valence-corrected chi connectivity index (χ0v) is 12.3. The lowest BCUT2D eigenvalue weighted by Gasteiger charge is -2.19. The van der Waals surface area contributed by atoms with E-state index in [4.69, 9.17) is 4.52 Å². The van der Waals surface area contributed by atoms with Crippen molar-refractivity contribution in [1.29, 1.82) is 0 Å². The van der Waals surface area contributed by atoms with E-state index in [0.29, 0.717) is 18.8 Å². The Hall–Kier alpha value is -1.08. The molecule has 1 heterocycles. The molecule has 1 aromatic rings. The van der Waals surface area contributed by atoms with Gasteiger partial charge in [-0.15, -0.1) is 0 Å². The fourth-order valence-corrected chi connectivity index (χ4v) is 1.53. The van der Waals surface area contributed by atoms with Crippen LogP contribution in [0, 0.1) is 0 Å². The second-order valence-corrected chi connectivity index (χ2v) is 5.99. The van der Waals surface area contributed by atoms with Crippen LogP contribution in [-0.2, 0) is 13.1 Å². The van der Waals surface area contributed by atoms with Gasteiger partial charge in [0.15, 0.2) is 5.76 Å². The van der Waals surface area contributed by atoms with Gasteiger partial charge in [-0.3, -0.25) is 4.90 Å². The predicted molar refractivity (Wildman–Crippen MR) is 70.1 cm³/mol. The summed E-state index contributed by atoms with van der Waals surface area (Å²) in [6, 6.07) is 1.77. The number of aromatic nitrogens is 1. The lowest BCUT2D eigenvalue weighted by molar-refractivity contribution is -0.137. The van der Waals surface area contributed by atoms with Crippen molar-refractivity contribution in [3.63, 3.8) is 0 Å². The molecule has 0 bridgehead atoms. The standard InChI is InChI=1S/C13H22F3N3O/c1-12(2,3)17-8-10-7-11(20-18-10)9-19(4)6-5-13(14,15)16/h7,17H,5-6,8-9H2,1-4H3. The SMILES string of the molecule is CN(CCC(F)(F)F)Cc1cc(CNC(C)(C)C)no1. The van der Waals surface area contributed by atoms with Crippen LogP contribution in [0.2, 0.25) is 0 Å². The number of nitrogens with one attached hydrogen (secondary N) is 1. The highest BCUT2D eigenvalue weighted by Gasteiger charge is 2.27. The van der Waals surface area contributed by atoms with Crippen molar-refractivity contribution in [2.24, 2.45) is 0 Å². The number of nitrogens with zero attached hydrogens (tertiary/aromatic N) is 2. The molecule has 4 nitrogen and oxygen atoms in total. The molecule has 0 aliphatic carbocycles. The van der Waals surface area contributed by atoms with Gasteiger partial charge in [0, 0.05) is 24.7 Å². The Morgan fingerprint density at radius 1 is 1.30 bits per heavy atom. The molecule has 0 amide bonds. The van der Waals surface area contributed by atoms with Gasteiger partial charge < -0.3 is 9.84 Å². The maximum absolute atomic E-state index is 12.1. The summed E-state index contributed by atoms with van der Waals surface area (Å²) in [6.45, 7) is 6.95. The van der Waals surface area contributed by atoms with Crippen LogP contribution in [-0.4, -0.2) is 35.4 Å². The first-order valence-corrected chi connectivity index (χ1v) is 6.50. The molecule has 0 aromatic carbocycles. The summed E-state index contributed by atoms with van der Waals surface area (Å²) in [7, 11) is 1.63. The minimum Gasteiger partial charge on any atom is -0.360 e. The smallest absolute Gasteiger partial charge is 0.360 e. The summed E-state index contributed by atoms with van der Waals surface area (Å²) < 4.78 is 41.4. The monoisotopic (exact) mass is 293 g/mol. The second kappa shape index (κ2) is 6.58. The molecular formula is C13H22F3N3O. The fourth-order valence-electron chi connectivity index (χ4n) is 1.53. The average molecular weight is 293 g/mol. The quantitative estimate of drug-likeness (QED) is 0.875. The van der Waals surface area contributed by atoms with E-state index in [1.807, 2.05) is 20.8 Å². The maximum atomic E-state index is 12.1. The van der Waals surface area contributed by atoms with Crippen molar-refractivity contribution in [2.45, 2.75) is 52.0 Å². The molecule has 116 valence electrons. The zero-order valence-electron chi connectivity index (χ0n) is 12.3. The number of halogens is 3. The molecular weight excluding hydrogens is 271 g/mol. The summed E-state index contributed by atoms with van der Waals surface area (Å²) in [4.78, 5) is 1.56. The molecule has 0 spiro atoms. The van der Waals surface area contributed by atoms with Crippen LogP contribution in [0.25, 0.3) is 0 Å². The maximum Gasteiger partial charge on any atom is 0.390 e. The van der Waals surface area contributed by atoms with E-state index >= 15 is 0 Å². The molecule has 1 rings (SSSR count). The molecule has 1 aromatic heterocycles. The predicted octanol–water partition coefficient (Wildman–Crippen LogP) is 2.95. The summed E-state index contributed by atoms with van der Waals surface area (Å²) >= 11 is 0. The first-order chi connectivity index (χ1) is 9.05. The molecule has 0 saturated carbocycles. The van der Waals surface area contributed by atoms with E-state index in [0.717, 1.165) is 5.69 Å². The highest BCUT2D eigenvalue weighted by molar-refractivity contribution is 5.05. The normalized spacial score (nSPS) is 13.2. The summed E-state index contributed by atoms with van der Waals surface area (Å²) in [5.41, 5.74) is 0.724. The van der Waals surface area contributed by atoms with Gasteiger partial charge in [0.2, 0.25) is 0 Å². The van der Waals surface area contributed by atoms with Gasteiger partial charge in [0.05, 0.1) is 18.7 Å². The number of hydrogen-bond acceptors (Lipinski definition) is 4. The van der Waals surface area contributed by atoms with Gasteiger partial charge in [0.25, 0.3) is 0 Å². The Labute approximate surface area is 117 Å². The Bertz CT molecular complexity index is 410. The Kier molecular flexibility index (Phi) is 5.59.